The summed E-state index contributed by atoms with van der Waals surface area (Å²) in [4.78, 5) is 0. The van der Waals surface area contributed by atoms with Crippen LogP contribution in [0.5, 0.6) is 0 Å². The van der Waals surface area contributed by atoms with E-state index in [1.165, 1.54) is 51.4 Å². The van der Waals surface area contributed by atoms with Crippen molar-refractivity contribution in [1.29, 1.82) is 0 Å². The van der Waals surface area contributed by atoms with E-state index in [4.69, 9.17) is 4.74 Å². The Morgan fingerprint density at radius 1 is 0.923 bits per heavy atom. The van der Waals surface area contributed by atoms with Crippen molar-refractivity contribution in [3.8, 4) is 0 Å². The van der Waals surface area contributed by atoms with Crippen LogP contribution in [0.25, 0.3) is 0 Å². The lowest BCUT2D eigenvalue weighted by molar-refractivity contribution is 0.108. The van der Waals surface area contributed by atoms with Gasteiger partial charge in [-0.15, -0.1) is 0 Å². The van der Waals surface area contributed by atoms with Crippen LogP contribution in [0.3, 0.4) is 0 Å². The second-order valence-electron chi connectivity index (χ2n) is 3.96. The van der Waals surface area contributed by atoms with E-state index in [1.54, 1.807) is 7.11 Å². The number of methoxy groups -OCH3 is 1. The van der Waals surface area contributed by atoms with Crippen molar-refractivity contribution in [2.45, 2.75) is 71.3 Å². The van der Waals surface area contributed by atoms with Gasteiger partial charge in [-0.25, -0.2) is 0 Å². The number of rotatable bonds is 9. The van der Waals surface area contributed by atoms with Crippen LogP contribution in [0.1, 0.15) is 65.2 Å². The average molecular weight is 186 g/mol. The molecule has 1 heteroatoms. The van der Waals surface area contributed by atoms with Crippen LogP contribution >= 0.6 is 0 Å². The smallest absolute Gasteiger partial charge is 0.0543 e. The zero-order chi connectivity index (χ0) is 9.94. The molecule has 0 saturated heterocycles. The molecule has 0 bridgehead atoms. The number of ether oxygens (including phenoxy) is 1. The van der Waals surface area contributed by atoms with E-state index < -0.39 is 0 Å². The number of unbranched alkanes of at least 4 members (excludes halogenated alkanes) is 6. The molecule has 0 rings (SSSR count). The molecule has 0 fully saturated rings. The van der Waals surface area contributed by atoms with E-state index in [2.05, 4.69) is 13.8 Å². The Kier molecular flexibility index (Phi) is 10.0. The fourth-order valence-electron chi connectivity index (χ4n) is 1.51. The van der Waals surface area contributed by atoms with Crippen molar-refractivity contribution in [3.05, 3.63) is 0 Å². The van der Waals surface area contributed by atoms with Gasteiger partial charge in [-0.3, -0.25) is 0 Å². The van der Waals surface area contributed by atoms with Crippen LogP contribution in [0.2, 0.25) is 0 Å². The third-order valence-electron chi connectivity index (χ3n) is 2.62. The monoisotopic (exact) mass is 186 g/mol. The first-order chi connectivity index (χ1) is 6.31. The van der Waals surface area contributed by atoms with E-state index in [1.807, 2.05) is 0 Å². The summed E-state index contributed by atoms with van der Waals surface area (Å²) in [5.41, 5.74) is 0. The SMILES string of the molecule is CCCCCCCCCC(C)OC. The summed E-state index contributed by atoms with van der Waals surface area (Å²) in [6, 6.07) is 0. The van der Waals surface area contributed by atoms with Gasteiger partial charge in [0.2, 0.25) is 0 Å². The largest absolute Gasteiger partial charge is 0.382 e. The van der Waals surface area contributed by atoms with E-state index in [9.17, 15) is 0 Å². The number of hydrogen-bond donors (Lipinski definition) is 0. The van der Waals surface area contributed by atoms with Crippen molar-refractivity contribution >= 4 is 0 Å². The molecule has 0 radical (unpaired) electrons. The highest BCUT2D eigenvalue weighted by atomic mass is 16.5. The molecule has 0 spiro atoms. The molecular formula is C12H26O. The summed E-state index contributed by atoms with van der Waals surface area (Å²) in [6.07, 6.45) is 11.4. The maximum atomic E-state index is 5.20. The van der Waals surface area contributed by atoms with Gasteiger partial charge in [0.25, 0.3) is 0 Å². The summed E-state index contributed by atoms with van der Waals surface area (Å²) in [5, 5.41) is 0. The molecule has 0 aromatic rings. The number of hydrogen-bond acceptors (Lipinski definition) is 1. The van der Waals surface area contributed by atoms with E-state index >= 15 is 0 Å². The van der Waals surface area contributed by atoms with Crippen LogP contribution in [0.4, 0.5) is 0 Å². The highest BCUT2D eigenvalue weighted by molar-refractivity contribution is 4.51. The second kappa shape index (κ2) is 10.0. The molecule has 1 nitrogen and oxygen atoms in total. The van der Waals surface area contributed by atoms with Crippen molar-refractivity contribution in [2.24, 2.45) is 0 Å². The van der Waals surface area contributed by atoms with Crippen molar-refractivity contribution in [1.82, 2.24) is 0 Å². The van der Waals surface area contributed by atoms with Crippen LogP contribution in [-0.4, -0.2) is 13.2 Å². The normalized spacial score (nSPS) is 13.2. The molecule has 0 saturated carbocycles. The van der Waals surface area contributed by atoms with Gasteiger partial charge >= 0.3 is 0 Å². The minimum absolute atomic E-state index is 0.454. The predicted octanol–water partition coefficient (Wildman–Crippen LogP) is 4.16. The van der Waals surface area contributed by atoms with Crippen LogP contribution in [0, 0.1) is 0 Å². The maximum absolute atomic E-state index is 5.20. The van der Waals surface area contributed by atoms with Gasteiger partial charge < -0.3 is 4.74 Å². The lowest BCUT2D eigenvalue weighted by atomic mass is 10.1. The molecule has 0 amide bonds. The van der Waals surface area contributed by atoms with Crippen LogP contribution < -0.4 is 0 Å². The summed E-state index contributed by atoms with van der Waals surface area (Å²) >= 11 is 0. The van der Waals surface area contributed by atoms with E-state index in [0.29, 0.717) is 6.10 Å². The first-order valence-electron chi connectivity index (χ1n) is 5.84. The lowest BCUT2D eigenvalue weighted by Crippen LogP contribution is -2.03. The van der Waals surface area contributed by atoms with Gasteiger partial charge in [0, 0.05) is 7.11 Å². The molecule has 0 aliphatic rings. The highest BCUT2D eigenvalue weighted by Gasteiger charge is 1.97. The average Bonchev–Trinajstić information content (AvgIpc) is 2.16. The van der Waals surface area contributed by atoms with Crippen molar-refractivity contribution in [3.63, 3.8) is 0 Å². The maximum Gasteiger partial charge on any atom is 0.0543 e. The minimum Gasteiger partial charge on any atom is -0.382 e. The molecule has 0 heterocycles. The molecule has 1 atom stereocenters. The summed E-state index contributed by atoms with van der Waals surface area (Å²) in [5.74, 6) is 0. The highest BCUT2D eigenvalue weighted by Crippen LogP contribution is 2.10. The zero-order valence-electron chi connectivity index (χ0n) is 9.64. The Morgan fingerprint density at radius 3 is 2.00 bits per heavy atom. The van der Waals surface area contributed by atoms with E-state index in [0.717, 1.165) is 0 Å². The topological polar surface area (TPSA) is 9.23 Å². The van der Waals surface area contributed by atoms with Crippen molar-refractivity contribution in [2.75, 3.05) is 7.11 Å². The Hall–Kier alpha value is -0.0400. The fraction of sp³-hybridized carbons (Fsp3) is 1.00. The van der Waals surface area contributed by atoms with Crippen LogP contribution in [0.15, 0.2) is 0 Å². The minimum atomic E-state index is 0.454. The molecule has 80 valence electrons. The standard InChI is InChI=1S/C12H26O/c1-4-5-6-7-8-9-10-11-12(2)13-3/h12H,4-11H2,1-3H3. The molecule has 13 heavy (non-hydrogen) atoms. The molecule has 0 N–H and O–H groups in total. The summed E-state index contributed by atoms with van der Waals surface area (Å²) in [6.45, 7) is 4.41. The Bertz CT molecular complexity index is 91.1. The van der Waals surface area contributed by atoms with E-state index in [-0.39, 0.29) is 0 Å². The zero-order valence-corrected chi connectivity index (χ0v) is 9.64. The second-order valence-corrected chi connectivity index (χ2v) is 3.96. The summed E-state index contributed by atoms with van der Waals surface area (Å²) in [7, 11) is 1.80. The Morgan fingerprint density at radius 2 is 1.46 bits per heavy atom. The molecule has 0 aromatic carbocycles. The lowest BCUT2D eigenvalue weighted by Gasteiger charge is -2.08. The quantitative estimate of drug-likeness (QED) is 0.491. The Balaban J connectivity index is 2.91. The molecular weight excluding hydrogens is 160 g/mol. The van der Waals surface area contributed by atoms with Crippen molar-refractivity contribution < 1.29 is 4.74 Å². The first kappa shape index (κ1) is 13.0. The predicted molar refractivity (Wildman–Crippen MR) is 59.1 cm³/mol. The van der Waals surface area contributed by atoms with Gasteiger partial charge in [-0.05, 0) is 13.3 Å². The van der Waals surface area contributed by atoms with Gasteiger partial charge in [-0.2, -0.15) is 0 Å². The molecule has 1 unspecified atom stereocenters. The fourth-order valence-corrected chi connectivity index (χ4v) is 1.51. The van der Waals surface area contributed by atoms with Gasteiger partial charge in [0.15, 0.2) is 0 Å². The third-order valence-corrected chi connectivity index (χ3v) is 2.62. The van der Waals surface area contributed by atoms with Gasteiger partial charge in [0.05, 0.1) is 6.10 Å². The Labute approximate surface area is 83.9 Å². The van der Waals surface area contributed by atoms with Crippen LogP contribution in [-0.2, 0) is 4.74 Å². The third kappa shape index (κ3) is 9.88. The van der Waals surface area contributed by atoms with Gasteiger partial charge in [0.1, 0.15) is 0 Å². The summed E-state index contributed by atoms with van der Waals surface area (Å²) < 4.78 is 5.20. The first-order valence-corrected chi connectivity index (χ1v) is 5.84. The molecule has 0 aromatic heterocycles. The molecule has 0 aliphatic heterocycles. The molecule has 0 aliphatic carbocycles. The van der Waals surface area contributed by atoms with Gasteiger partial charge in [-0.1, -0.05) is 51.9 Å².